The molecule has 32 heavy (non-hydrogen) atoms. The third kappa shape index (κ3) is 6.73. The number of hydrogen-bond donors (Lipinski definition) is 2. The number of Topliss-reactive ketones (excluding diaryl/α,β-unsaturated/α-hetero) is 1. The van der Waals surface area contributed by atoms with Gasteiger partial charge in [0.05, 0.1) is 16.1 Å². The number of ketones is 1. The van der Waals surface area contributed by atoms with E-state index in [1.807, 2.05) is 0 Å². The van der Waals surface area contributed by atoms with Crippen LogP contribution < -0.4 is 10.0 Å². The number of anilines is 1. The zero-order chi connectivity index (χ0) is 24.1. The van der Waals surface area contributed by atoms with Crippen molar-refractivity contribution in [2.24, 2.45) is 5.41 Å². The molecule has 0 spiro atoms. The van der Waals surface area contributed by atoms with Crippen molar-refractivity contribution in [3.05, 3.63) is 59.7 Å². The van der Waals surface area contributed by atoms with Gasteiger partial charge >= 0.3 is 5.97 Å². The van der Waals surface area contributed by atoms with E-state index in [1.54, 1.807) is 46.8 Å². The van der Waals surface area contributed by atoms with Crippen LogP contribution in [-0.2, 0) is 19.6 Å². The van der Waals surface area contributed by atoms with Crippen LogP contribution in [0.5, 0.6) is 0 Å². The molecule has 0 heterocycles. The lowest BCUT2D eigenvalue weighted by Crippen LogP contribution is -2.30. The summed E-state index contributed by atoms with van der Waals surface area (Å²) in [5.41, 5.74) is -0.121. The van der Waals surface area contributed by atoms with Gasteiger partial charge in [0.25, 0.3) is 5.91 Å². The predicted molar refractivity (Wildman–Crippen MR) is 121 cm³/mol. The highest BCUT2D eigenvalue weighted by atomic mass is 32.2. The number of ether oxygens (including phenoxy) is 1. The molecule has 9 heteroatoms. The second kappa shape index (κ2) is 10.1. The average molecular weight is 461 g/mol. The first-order valence-electron chi connectivity index (χ1n) is 10.0. The summed E-state index contributed by atoms with van der Waals surface area (Å²) >= 11 is 0. The molecule has 0 saturated carbocycles. The molecule has 2 N–H and O–H groups in total. The molecule has 0 unspecified atom stereocenters. The Balaban J connectivity index is 2.14. The van der Waals surface area contributed by atoms with Gasteiger partial charge in [-0.2, -0.15) is 0 Å². The van der Waals surface area contributed by atoms with Gasteiger partial charge in [-0.05, 0) is 50.2 Å². The highest BCUT2D eigenvalue weighted by Gasteiger charge is 2.24. The highest BCUT2D eigenvalue weighted by Crippen LogP contribution is 2.20. The molecular formula is C23H28N2O6S. The average Bonchev–Trinajstić information content (AvgIpc) is 2.70. The van der Waals surface area contributed by atoms with Crippen LogP contribution in [0.3, 0.4) is 0 Å². The molecule has 0 atom stereocenters. The van der Waals surface area contributed by atoms with Crippen LogP contribution in [0.1, 0.15) is 55.3 Å². The minimum absolute atomic E-state index is 0.0373. The molecule has 2 aromatic rings. The Hall–Kier alpha value is -3.04. The summed E-state index contributed by atoms with van der Waals surface area (Å²) < 4.78 is 32.0. The van der Waals surface area contributed by atoms with Crippen molar-refractivity contribution < 1.29 is 27.5 Å². The van der Waals surface area contributed by atoms with Gasteiger partial charge < -0.3 is 10.1 Å². The second-order valence-corrected chi connectivity index (χ2v) is 10.3. The molecule has 0 aromatic heterocycles. The van der Waals surface area contributed by atoms with E-state index in [4.69, 9.17) is 4.74 Å². The number of carbonyl (C=O) groups excluding carboxylic acids is 3. The van der Waals surface area contributed by atoms with Crippen molar-refractivity contribution in [2.45, 2.75) is 45.6 Å². The molecule has 0 aliphatic carbocycles. The Labute approximate surface area is 188 Å². The molecule has 0 aliphatic rings. The van der Waals surface area contributed by atoms with Crippen molar-refractivity contribution >= 4 is 33.4 Å². The molecule has 172 valence electrons. The second-order valence-electron chi connectivity index (χ2n) is 8.55. The number of amides is 1. The minimum Gasteiger partial charge on any atom is -0.454 e. The number of para-hydroxylation sites is 1. The molecule has 2 rings (SSSR count). The topological polar surface area (TPSA) is 119 Å². The van der Waals surface area contributed by atoms with Crippen LogP contribution in [0.2, 0.25) is 0 Å². The fourth-order valence-electron chi connectivity index (χ4n) is 2.55. The summed E-state index contributed by atoms with van der Waals surface area (Å²) in [5, 5.41) is 2.63. The Morgan fingerprint density at radius 3 is 2.12 bits per heavy atom. The fourth-order valence-corrected chi connectivity index (χ4v) is 3.80. The molecule has 0 aliphatic heterocycles. The summed E-state index contributed by atoms with van der Waals surface area (Å²) in [6, 6.07) is 11.4. The number of benzene rings is 2. The van der Waals surface area contributed by atoms with Gasteiger partial charge in [-0.15, -0.1) is 0 Å². The Bertz CT molecular complexity index is 1100. The van der Waals surface area contributed by atoms with E-state index in [9.17, 15) is 22.8 Å². The number of sulfonamides is 1. The number of carbonyl (C=O) groups is 3. The van der Waals surface area contributed by atoms with E-state index in [1.165, 1.54) is 36.4 Å². The van der Waals surface area contributed by atoms with Gasteiger partial charge in [0.15, 0.2) is 12.4 Å². The fraction of sp³-hybridized carbons (Fsp3) is 0.348. The molecule has 0 bridgehead atoms. The molecule has 1 amide bonds. The highest BCUT2D eigenvalue weighted by molar-refractivity contribution is 7.89. The number of nitrogens with one attached hydrogen (secondary N) is 2. The van der Waals surface area contributed by atoms with Crippen LogP contribution in [0, 0.1) is 5.41 Å². The normalized spacial score (nSPS) is 11.8. The third-order valence-corrected chi connectivity index (χ3v) is 6.06. The standard InChI is InChI=1S/C23H28N2O6S/c1-15(2)25-32(29,30)17-12-10-16(11-13-17)21(27)24-19-9-7-6-8-18(19)22(28)31-14-20(26)23(3,4)5/h6-13,15,25H,14H2,1-5H3,(H,24,27). The third-order valence-electron chi connectivity index (χ3n) is 4.38. The summed E-state index contributed by atoms with van der Waals surface area (Å²) in [6.07, 6.45) is 0. The minimum atomic E-state index is -3.67. The van der Waals surface area contributed by atoms with Crippen molar-refractivity contribution in [3.8, 4) is 0 Å². The number of esters is 1. The maximum Gasteiger partial charge on any atom is 0.340 e. The van der Waals surface area contributed by atoms with Crippen LogP contribution >= 0.6 is 0 Å². The Kier molecular flexibility index (Phi) is 7.92. The van der Waals surface area contributed by atoms with Crippen molar-refractivity contribution in [2.75, 3.05) is 11.9 Å². The van der Waals surface area contributed by atoms with Gasteiger partial charge in [0.1, 0.15) is 0 Å². The van der Waals surface area contributed by atoms with Gasteiger partial charge in [-0.25, -0.2) is 17.9 Å². The van der Waals surface area contributed by atoms with Crippen molar-refractivity contribution in [1.29, 1.82) is 0 Å². The molecule has 2 aromatic carbocycles. The summed E-state index contributed by atoms with van der Waals surface area (Å²) in [6.45, 7) is 8.24. The van der Waals surface area contributed by atoms with E-state index >= 15 is 0 Å². The van der Waals surface area contributed by atoms with Crippen LogP contribution in [0.4, 0.5) is 5.69 Å². The molecule has 0 fully saturated rings. The van der Waals surface area contributed by atoms with Crippen LogP contribution in [0.25, 0.3) is 0 Å². The quantitative estimate of drug-likeness (QED) is 0.583. The van der Waals surface area contributed by atoms with E-state index in [2.05, 4.69) is 10.0 Å². The zero-order valence-corrected chi connectivity index (χ0v) is 19.6. The van der Waals surface area contributed by atoms with E-state index in [-0.39, 0.29) is 40.1 Å². The molecular weight excluding hydrogens is 432 g/mol. The largest absolute Gasteiger partial charge is 0.454 e. The summed E-state index contributed by atoms with van der Waals surface area (Å²) in [4.78, 5) is 37.1. The first-order valence-corrected chi connectivity index (χ1v) is 11.5. The van der Waals surface area contributed by atoms with E-state index < -0.39 is 27.3 Å². The van der Waals surface area contributed by atoms with Crippen molar-refractivity contribution in [1.82, 2.24) is 4.72 Å². The van der Waals surface area contributed by atoms with Crippen LogP contribution in [-0.4, -0.2) is 38.7 Å². The summed E-state index contributed by atoms with van der Waals surface area (Å²) in [7, 11) is -3.67. The molecule has 0 saturated heterocycles. The maximum atomic E-state index is 12.6. The lowest BCUT2D eigenvalue weighted by molar-refractivity contribution is -0.129. The summed E-state index contributed by atoms with van der Waals surface area (Å²) in [5.74, 6) is -1.49. The van der Waals surface area contributed by atoms with Gasteiger partial charge in [-0.3, -0.25) is 9.59 Å². The maximum absolute atomic E-state index is 12.6. The Morgan fingerprint density at radius 2 is 1.56 bits per heavy atom. The zero-order valence-electron chi connectivity index (χ0n) is 18.8. The Morgan fingerprint density at radius 1 is 0.969 bits per heavy atom. The van der Waals surface area contributed by atoms with Gasteiger partial charge in [-0.1, -0.05) is 32.9 Å². The van der Waals surface area contributed by atoms with Gasteiger partial charge in [0.2, 0.25) is 10.0 Å². The predicted octanol–water partition coefficient (Wildman–Crippen LogP) is 3.40. The first-order chi connectivity index (χ1) is 14.8. The van der Waals surface area contributed by atoms with E-state index in [0.717, 1.165) is 0 Å². The van der Waals surface area contributed by atoms with Gasteiger partial charge in [0, 0.05) is 17.0 Å². The molecule has 8 nitrogen and oxygen atoms in total. The lowest BCUT2D eigenvalue weighted by atomic mass is 9.91. The van der Waals surface area contributed by atoms with Crippen molar-refractivity contribution in [3.63, 3.8) is 0 Å². The first kappa shape index (κ1) is 25.2. The SMILES string of the molecule is CC(C)NS(=O)(=O)c1ccc(C(=O)Nc2ccccc2C(=O)OCC(=O)C(C)(C)C)cc1. The molecule has 0 radical (unpaired) electrons. The van der Waals surface area contributed by atoms with E-state index in [0.29, 0.717) is 0 Å². The van der Waals surface area contributed by atoms with Crippen LogP contribution in [0.15, 0.2) is 53.4 Å². The monoisotopic (exact) mass is 460 g/mol. The number of rotatable bonds is 8. The lowest BCUT2D eigenvalue weighted by Gasteiger charge is -2.17. The number of hydrogen-bond acceptors (Lipinski definition) is 6. The smallest absolute Gasteiger partial charge is 0.340 e.